The van der Waals surface area contributed by atoms with E-state index >= 15 is 0 Å². The minimum Gasteiger partial charge on any atom is -0.507 e. The molecule has 3 N–H and O–H groups in total. The van der Waals surface area contributed by atoms with E-state index in [9.17, 15) is 29.7 Å². The number of rotatable bonds is 6. The van der Waals surface area contributed by atoms with Gasteiger partial charge in [-0.1, -0.05) is 12.1 Å². The molecule has 1 unspecified atom stereocenters. The molecule has 0 radical (unpaired) electrons. The number of benzene rings is 2. The highest BCUT2D eigenvalue weighted by molar-refractivity contribution is 8.15. The minimum atomic E-state index is -1.34. The molecule has 0 aromatic heterocycles. The lowest BCUT2D eigenvalue weighted by Gasteiger charge is -2.19. The molecule has 2 aromatic carbocycles. The maximum Gasteiger partial charge on any atom is 0.340 e. The Bertz CT molecular complexity index is 1280. The Morgan fingerprint density at radius 1 is 0.912 bits per heavy atom. The lowest BCUT2D eigenvalue weighted by molar-refractivity contribution is -0.141. The highest BCUT2D eigenvalue weighted by Crippen LogP contribution is 2.38. The molecule has 0 aliphatic carbocycles. The van der Waals surface area contributed by atoms with Gasteiger partial charge in [-0.25, -0.2) is 14.4 Å². The molecule has 9 nitrogen and oxygen atoms in total. The van der Waals surface area contributed by atoms with Crippen molar-refractivity contribution in [1.29, 1.82) is 0 Å². The Morgan fingerprint density at radius 3 is 2.15 bits per heavy atom. The Hall–Kier alpha value is -3.31. The highest BCUT2D eigenvalue weighted by Gasteiger charge is 2.42. The van der Waals surface area contributed by atoms with Crippen molar-refractivity contribution in [2.24, 2.45) is 9.98 Å². The Kier molecular flexibility index (Phi) is 6.17. The number of esters is 1. The van der Waals surface area contributed by atoms with Crippen LogP contribution < -0.4 is 4.74 Å². The Morgan fingerprint density at radius 2 is 1.53 bits per heavy atom. The van der Waals surface area contributed by atoms with E-state index in [1.54, 1.807) is 25.1 Å². The molecule has 0 saturated carbocycles. The standard InChI is InChI=1S/C23H20N2O7S2/c1-22(20(29)30)10-33-18(24-22)14-8-7-12(19(27)28)9-16(14)32-21(31)23(2)11-34-17(25-23)13-5-3-4-6-15(13)26/h3-9,26H,10-11H2,1-2H3,(H,27,28)(H,29,30)/t22-,23?/m1/s1. The third kappa shape index (κ3) is 4.40. The molecule has 34 heavy (non-hydrogen) atoms. The fourth-order valence-corrected chi connectivity index (χ4v) is 5.66. The molecule has 4 rings (SSSR count). The van der Waals surface area contributed by atoms with Gasteiger partial charge < -0.3 is 20.1 Å². The van der Waals surface area contributed by atoms with Crippen molar-refractivity contribution in [2.45, 2.75) is 24.9 Å². The van der Waals surface area contributed by atoms with Crippen LogP contribution in [0.25, 0.3) is 0 Å². The number of carboxylic acids is 2. The van der Waals surface area contributed by atoms with Crippen molar-refractivity contribution in [3.8, 4) is 11.5 Å². The van der Waals surface area contributed by atoms with Crippen molar-refractivity contribution in [3.05, 3.63) is 59.2 Å². The number of phenolic OH excluding ortho intramolecular Hbond substituents is 1. The van der Waals surface area contributed by atoms with Gasteiger partial charge in [0.15, 0.2) is 11.1 Å². The van der Waals surface area contributed by atoms with Gasteiger partial charge in [0, 0.05) is 22.6 Å². The van der Waals surface area contributed by atoms with Crippen molar-refractivity contribution in [3.63, 3.8) is 0 Å². The zero-order valence-corrected chi connectivity index (χ0v) is 19.8. The van der Waals surface area contributed by atoms with Crippen LogP contribution in [-0.4, -0.2) is 65.9 Å². The first-order valence-corrected chi connectivity index (χ1v) is 12.1. The van der Waals surface area contributed by atoms with E-state index in [1.165, 1.54) is 54.7 Å². The van der Waals surface area contributed by atoms with Crippen LogP contribution in [-0.2, 0) is 9.59 Å². The quantitative estimate of drug-likeness (QED) is 0.402. The number of carbonyl (C=O) groups is 3. The minimum absolute atomic E-state index is 0.0387. The maximum atomic E-state index is 13.2. The fraction of sp³-hybridized carbons (Fsp3) is 0.261. The number of nitrogens with zero attached hydrogens (tertiary/aromatic N) is 2. The van der Waals surface area contributed by atoms with E-state index in [-0.39, 0.29) is 28.6 Å². The van der Waals surface area contributed by atoms with Crippen LogP contribution >= 0.6 is 23.5 Å². The molecule has 2 atom stereocenters. The van der Waals surface area contributed by atoms with Gasteiger partial charge in [-0.3, -0.25) is 9.98 Å². The van der Waals surface area contributed by atoms with Gasteiger partial charge in [-0.15, -0.1) is 23.5 Å². The summed E-state index contributed by atoms with van der Waals surface area (Å²) in [5.74, 6) is -2.55. The summed E-state index contributed by atoms with van der Waals surface area (Å²) >= 11 is 2.49. The summed E-state index contributed by atoms with van der Waals surface area (Å²) in [5, 5.41) is 29.8. The van der Waals surface area contributed by atoms with Crippen molar-refractivity contribution < 1.29 is 34.4 Å². The molecule has 2 aliphatic heterocycles. The van der Waals surface area contributed by atoms with E-state index in [0.717, 1.165) is 0 Å². The largest absolute Gasteiger partial charge is 0.507 e. The van der Waals surface area contributed by atoms with Gasteiger partial charge in [0.05, 0.1) is 5.56 Å². The molecule has 11 heteroatoms. The smallest absolute Gasteiger partial charge is 0.340 e. The number of hydrogen-bond donors (Lipinski definition) is 3. The number of aromatic hydroxyl groups is 1. The van der Waals surface area contributed by atoms with Gasteiger partial charge in [0.25, 0.3) is 0 Å². The molecule has 176 valence electrons. The second kappa shape index (κ2) is 8.80. The van der Waals surface area contributed by atoms with Crippen LogP contribution in [0.3, 0.4) is 0 Å². The molecule has 2 aliphatic rings. The van der Waals surface area contributed by atoms with Crippen LogP contribution in [0.5, 0.6) is 11.5 Å². The lowest BCUT2D eigenvalue weighted by atomic mass is 10.1. The lowest BCUT2D eigenvalue weighted by Crippen LogP contribution is -2.38. The fourth-order valence-electron chi connectivity index (χ4n) is 3.27. The summed E-state index contributed by atoms with van der Waals surface area (Å²) in [4.78, 5) is 45.1. The predicted octanol–water partition coefficient (Wildman–Crippen LogP) is 3.28. The van der Waals surface area contributed by atoms with Crippen molar-refractivity contribution >= 4 is 51.5 Å². The molecule has 2 heterocycles. The van der Waals surface area contributed by atoms with E-state index in [2.05, 4.69) is 9.98 Å². The molecule has 0 spiro atoms. The molecule has 0 amide bonds. The number of phenols is 1. The van der Waals surface area contributed by atoms with Crippen LogP contribution in [0.15, 0.2) is 52.4 Å². The first kappa shape index (κ1) is 23.8. The zero-order chi connectivity index (χ0) is 24.7. The second-order valence-corrected chi connectivity index (χ2v) is 10.1. The molecule has 0 saturated heterocycles. The number of carboxylic acid groups (broad SMARTS) is 2. The number of thioether (sulfide) groups is 2. The monoisotopic (exact) mass is 500 g/mol. The SMILES string of the molecule is CC1(C(=O)Oc2cc(C(=O)O)ccc2C2=N[C@@](C)(C(=O)O)CS2)CSC(c2ccccc2O)=N1. The summed E-state index contributed by atoms with van der Waals surface area (Å²) < 4.78 is 5.65. The first-order valence-electron chi connectivity index (χ1n) is 10.1. The van der Waals surface area contributed by atoms with Crippen molar-refractivity contribution in [1.82, 2.24) is 0 Å². The van der Waals surface area contributed by atoms with Crippen LogP contribution in [0.2, 0.25) is 0 Å². The number of aromatic carboxylic acids is 1. The Labute approximate surface area is 203 Å². The molecule has 0 fully saturated rings. The summed E-state index contributed by atoms with van der Waals surface area (Å²) in [6, 6.07) is 10.7. The number of aliphatic carboxylic acids is 1. The van der Waals surface area contributed by atoms with Gasteiger partial charge in [0.2, 0.25) is 0 Å². The highest BCUT2D eigenvalue weighted by atomic mass is 32.2. The van der Waals surface area contributed by atoms with E-state index < -0.39 is 29.0 Å². The number of para-hydroxylation sites is 1. The second-order valence-electron chi connectivity index (χ2n) is 8.19. The summed E-state index contributed by atoms with van der Waals surface area (Å²) in [6.07, 6.45) is 0. The van der Waals surface area contributed by atoms with Crippen LogP contribution in [0.4, 0.5) is 0 Å². The predicted molar refractivity (Wildman–Crippen MR) is 130 cm³/mol. The molecule has 0 bridgehead atoms. The normalized spacial score (nSPS) is 23.8. The van der Waals surface area contributed by atoms with E-state index in [1.807, 2.05) is 0 Å². The summed E-state index contributed by atoms with van der Waals surface area (Å²) in [6.45, 7) is 3.08. The van der Waals surface area contributed by atoms with Gasteiger partial charge in [0.1, 0.15) is 21.6 Å². The zero-order valence-electron chi connectivity index (χ0n) is 18.1. The maximum absolute atomic E-state index is 13.2. The third-order valence-corrected chi connectivity index (χ3v) is 7.96. The van der Waals surface area contributed by atoms with Gasteiger partial charge in [-0.05, 0) is 44.2 Å². The number of ether oxygens (including phenoxy) is 1. The Balaban J connectivity index is 1.67. The number of hydrogen-bond acceptors (Lipinski definition) is 9. The average molecular weight is 501 g/mol. The van der Waals surface area contributed by atoms with Crippen LogP contribution in [0.1, 0.15) is 35.3 Å². The summed E-state index contributed by atoms with van der Waals surface area (Å²) in [5.41, 5.74) is -1.88. The van der Waals surface area contributed by atoms with Crippen molar-refractivity contribution in [2.75, 3.05) is 11.5 Å². The number of aliphatic imine (C=N–C) groups is 2. The molecule has 2 aromatic rings. The van der Waals surface area contributed by atoms with Gasteiger partial charge in [-0.2, -0.15) is 0 Å². The summed E-state index contributed by atoms with van der Waals surface area (Å²) in [7, 11) is 0. The van der Waals surface area contributed by atoms with E-state index in [4.69, 9.17) is 4.74 Å². The van der Waals surface area contributed by atoms with Crippen LogP contribution in [0, 0.1) is 0 Å². The van der Waals surface area contributed by atoms with E-state index in [0.29, 0.717) is 21.2 Å². The topological polar surface area (TPSA) is 146 Å². The third-order valence-electron chi connectivity index (χ3n) is 5.37. The molecular weight excluding hydrogens is 480 g/mol. The first-order chi connectivity index (χ1) is 16.0. The average Bonchev–Trinajstić information content (AvgIpc) is 3.39. The van der Waals surface area contributed by atoms with Gasteiger partial charge >= 0.3 is 17.9 Å². The molecular formula is C23H20N2O7S2. The number of carbonyl (C=O) groups excluding carboxylic acids is 1.